The Hall–Kier alpha value is -0.580. The predicted molar refractivity (Wildman–Crippen MR) is 76.2 cm³/mol. The Morgan fingerprint density at radius 2 is 1.72 bits per heavy atom. The highest BCUT2D eigenvalue weighted by Crippen LogP contribution is 2.17. The van der Waals surface area contributed by atoms with E-state index in [1.165, 1.54) is 6.42 Å². The van der Waals surface area contributed by atoms with Gasteiger partial charge in [-0.15, -0.1) is 0 Å². The molecule has 18 heavy (non-hydrogen) atoms. The quantitative estimate of drug-likeness (QED) is 0.616. The highest BCUT2D eigenvalue weighted by atomic mass is 79.9. The summed E-state index contributed by atoms with van der Waals surface area (Å²) in [5, 5.41) is 0. The lowest BCUT2D eigenvalue weighted by atomic mass is 10.3. The molecule has 0 aliphatic heterocycles. The third-order valence-electron chi connectivity index (χ3n) is 2.31. The van der Waals surface area contributed by atoms with Crippen molar-refractivity contribution in [3.63, 3.8) is 0 Å². The second kappa shape index (κ2) is 10.4. The van der Waals surface area contributed by atoms with Crippen molar-refractivity contribution >= 4 is 15.9 Å². The van der Waals surface area contributed by atoms with Crippen molar-refractivity contribution in [2.24, 2.45) is 0 Å². The minimum absolute atomic E-state index is 0.561. The van der Waals surface area contributed by atoms with Crippen LogP contribution < -0.4 is 4.74 Å². The van der Waals surface area contributed by atoms with Gasteiger partial charge in [0.2, 0.25) is 0 Å². The van der Waals surface area contributed by atoms with Gasteiger partial charge in [-0.05, 0) is 24.6 Å². The maximum Gasteiger partial charge on any atom is 0.120 e. The first-order valence-corrected chi connectivity index (χ1v) is 7.16. The van der Waals surface area contributed by atoms with Gasteiger partial charge in [0.05, 0.1) is 19.8 Å². The van der Waals surface area contributed by atoms with E-state index in [0.717, 1.165) is 23.2 Å². The third kappa shape index (κ3) is 7.69. The molecule has 0 bridgehead atoms. The molecule has 1 aromatic rings. The van der Waals surface area contributed by atoms with E-state index < -0.39 is 0 Å². The van der Waals surface area contributed by atoms with Crippen molar-refractivity contribution in [2.75, 3.05) is 33.0 Å². The van der Waals surface area contributed by atoms with Crippen molar-refractivity contribution in [1.82, 2.24) is 0 Å². The van der Waals surface area contributed by atoms with E-state index in [9.17, 15) is 0 Å². The molecule has 102 valence electrons. The van der Waals surface area contributed by atoms with Crippen LogP contribution in [0.15, 0.2) is 28.7 Å². The zero-order valence-electron chi connectivity index (χ0n) is 10.9. The Bertz CT molecular complexity index is 318. The summed E-state index contributed by atoms with van der Waals surface area (Å²) in [6.45, 7) is 5.42. The molecule has 3 nitrogen and oxygen atoms in total. The van der Waals surface area contributed by atoms with Crippen molar-refractivity contribution in [3.8, 4) is 5.75 Å². The predicted octanol–water partition coefficient (Wildman–Crippen LogP) is 3.66. The monoisotopic (exact) mass is 316 g/mol. The van der Waals surface area contributed by atoms with Gasteiger partial charge in [-0.1, -0.05) is 35.3 Å². The van der Waals surface area contributed by atoms with Crippen LogP contribution in [0, 0.1) is 0 Å². The van der Waals surface area contributed by atoms with Crippen molar-refractivity contribution < 1.29 is 14.2 Å². The molecule has 0 aliphatic carbocycles. The number of hydrogen-bond acceptors (Lipinski definition) is 3. The molecule has 0 heterocycles. The Labute approximate surface area is 118 Å². The first-order valence-electron chi connectivity index (χ1n) is 6.36. The van der Waals surface area contributed by atoms with E-state index in [2.05, 4.69) is 22.9 Å². The van der Waals surface area contributed by atoms with Crippen LogP contribution in [-0.4, -0.2) is 33.0 Å². The van der Waals surface area contributed by atoms with Crippen LogP contribution in [0.3, 0.4) is 0 Å². The molecule has 0 fully saturated rings. The number of unbranched alkanes of at least 4 members (excludes halogenated alkanes) is 1. The molecule has 0 unspecified atom stereocenters. The lowest BCUT2D eigenvalue weighted by molar-refractivity contribution is 0.0356. The third-order valence-corrected chi connectivity index (χ3v) is 2.80. The van der Waals surface area contributed by atoms with E-state index in [0.29, 0.717) is 26.4 Å². The normalized spacial score (nSPS) is 10.6. The molecule has 4 heteroatoms. The zero-order chi connectivity index (χ0) is 13.1. The molecular formula is C14H21BrO3. The summed E-state index contributed by atoms with van der Waals surface area (Å²) in [4.78, 5) is 0. The van der Waals surface area contributed by atoms with Crippen molar-refractivity contribution in [3.05, 3.63) is 28.7 Å². The summed E-state index contributed by atoms with van der Waals surface area (Å²) >= 11 is 3.40. The summed E-state index contributed by atoms with van der Waals surface area (Å²) in [5.41, 5.74) is 0. The first kappa shape index (κ1) is 15.5. The Kier molecular flexibility index (Phi) is 8.90. The van der Waals surface area contributed by atoms with Gasteiger partial charge >= 0.3 is 0 Å². The smallest absolute Gasteiger partial charge is 0.120 e. The van der Waals surface area contributed by atoms with Gasteiger partial charge in [0, 0.05) is 11.1 Å². The molecule has 1 rings (SSSR count). The van der Waals surface area contributed by atoms with E-state index in [4.69, 9.17) is 14.2 Å². The standard InChI is InChI=1S/C14H21BrO3/c1-2-3-7-16-8-9-17-10-11-18-14-6-4-5-13(15)12-14/h4-6,12H,2-3,7-11H2,1H3. The average molecular weight is 317 g/mol. The van der Waals surface area contributed by atoms with Gasteiger partial charge in [-0.2, -0.15) is 0 Å². The molecule has 0 saturated heterocycles. The van der Waals surface area contributed by atoms with Crippen molar-refractivity contribution in [2.45, 2.75) is 19.8 Å². The summed E-state index contributed by atoms with van der Waals surface area (Å²) in [5.74, 6) is 0.854. The Morgan fingerprint density at radius 3 is 2.44 bits per heavy atom. The van der Waals surface area contributed by atoms with Gasteiger partial charge in [0.25, 0.3) is 0 Å². The lowest BCUT2D eigenvalue weighted by Crippen LogP contribution is -2.11. The minimum Gasteiger partial charge on any atom is -0.491 e. The molecule has 0 aliphatic rings. The number of benzene rings is 1. The topological polar surface area (TPSA) is 27.7 Å². The summed E-state index contributed by atoms with van der Waals surface area (Å²) < 4.78 is 17.3. The second-order valence-corrected chi connectivity index (χ2v) is 4.80. The largest absolute Gasteiger partial charge is 0.491 e. The van der Waals surface area contributed by atoms with Gasteiger partial charge < -0.3 is 14.2 Å². The fraction of sp³-hybridized carbons (Fsp3) is 0.571. The van der Waals surface area contributed by atoms with Crippen LogP contribution in [0.2, 0.25) is 0 Å². The van der Waals surface area contributed by atoms with E-state index in [1.807, 2.05) is 24.3 Å². The van der Waals surface area contributed by atoms with E-state index >= 15 is 0 Å². The Morgan fingerprint density at radius 1 is 1.00 bits per heavy atom. The lowest BCUT2D eigenvalue weighted by Gasteiger charge is -2.07. The van der Waals surface area contributed by atoms with Crippen LogP contribution in [0.5, 0.6) is 5.75 Å². The molecular weight excluding hydrogens is 296 g/mol. The van der Waals surface area contributed by atoms with Crippen molar-refractivity contribution in [1.29, 1.82) is 0 Å². The van der Waals surface area contributed by atoms with Gasteiger partial charge in [0.1, 0.15) is 12.4 Å². The minimum atomic E-state index is 0.561. The molecule has 0 atom stereocenters. The summed E-state index contributed by atoms with van der Waals surface area (Å²) in [7, 11) is 0. The van der Waals surface area contributed by atoms with E-state index in [1.54, 1.807) is 0 Å². The molecule has 1 aromatic carbocycles. The maximum absolute atomic E-state index is 5.54. The molecule has 0 saturated carbocycles. The van der Waals surface area contributed by atoms with Crippen LogP contribution in [0.4, 0.5) is 0 Å². The van der Waals surface area contributed by atoms with E-state index in [-0.39, 0.29) is 0 Å². The van der Waals surface area contributed by atoms with Gasteiger partial charge in [-0.25, -0.2) is 0 Å². The first-order chi connectivity index (χ1) is 8.83. The number of rotatable bonds is 10. The van der Waals surface area contributed by atoms with Gasteiger partial charge in [0.15, 0.2) is 0 Å². The van der Waals surface area contributed by atoms with Crippen LogP contribution in [-0.2, 0) is 9.47 Å². The fourth-order valence-corrected chi connectivity index (χ4v) is 1.72. The zero-order valence-corrected chi connectivity index (χ0v) is 12.4. The highest BCUT2D eigenvalue weighted by Gasteiger charge is 1.95. The number of ether oxygens (including phenoxy) is 3. The highest BCUT2D eigenvalue weighted by molar-refractivity contribution is 9.10. The number of hydrogen-bond donors (Lipinski definition) is 0. The maximum atomic E-state index is 5.54. The average Bonchev–Trinajstić information content (AvgIpc) is 2.37. The molecule has 0 aromatic heterocycles. The molecule has 0 spiro atoms. The van der Waals surface area contributed by atoms with Crippen LogP contribution in [0.1, 0.15) is 19.8 Å². The van der Waals surface area contributed by atoms with Crippen LogP contribution >= 0.6 is 15.9 Å². The van der Waals surface area contributed by atoms with Gasteiger partial charge in [-0.3, -0.25) is 0 Å². The fourth-order valence-electron chi connectivity index (χ4n) is 1.34. The number of halogens is 1. The second-order valence-electron chi connectivity index (χ2n) is 3.88. The molecule has 0 N–H and O–H groups in total. The SMILES string of the molecule is CCCCOCCOCCOc1cccc(Br)c1. The summed E-state index contributed by atoms with van der Waals surface area (Å²) in [6.07, 6.45) is 2.29. The molecule has 0 amide bonds. The summed E-state index contributed by atoms with van der Waals surface area (Å²) in [6, 6.07) is 7.78. The van der Waals surface area contributed by atoms with Crippen LogP contribution in [0.25, 0.3) is 0 Å². The molecule has 0 radical (unpaired) electrons. The Balaban J connectivity index is 1.92.